The zero-order valence-corrected chi connectivity index (χ0v) is 15.1. The first kappa shape index (κ1) is 21.9. The van der Waals surface area contributed by atoms with E-state index < -0.39 is 0 Å². The number of hydrogen-bond donors (Lipinski definition) is 2. The molecule has 1 aromatic carbocycles. The van der Waals surface area contributed by atoms with Crippen LogP contribution in [0.15, 0.2) is 12.1 Å². The molecule has 6 nitrogen and oxygen atoms in total. The summed E-state index contributed by atoms with van der Waals surface area (Å²) in [5.74, 6) is 0.0705. The van der Waals surface area contributed by atoms with Gasteiger partial charge in [0, 0.05) is 38.3 Å². The molecule has 1 atom stereocenters. The Morgan fingerprint density at radius 2 is 1.96 bits per heavy atom. The predicted octanol–water partition coefficient (Wildman–Crippen LogP) is 3.20. The van der Waals surface area contributed by atoms with Gasteiger partial charge in [-0.1, -0.05) is 13.3 Å². The Morgan fingerprint density at radius 1 is 1.35 bits per heavy atom. The second-order valence-corrected chi connectivity index (χ2v) is 5.51. The Balaban J connectivity index is 0.00000242. The number of nitro groups is 1. The predicted molar refractivity (Wildman–Crippen MR) is 96.1 cm³/mol. The molecule has 8 heteroatoms. The number of nitro benzene ring substituents is 1. The number of rotatable bonds is 5. The van der Waals surface area contributed by atoms with Gasteiger partial charge < -0.3 is 10.4 Å². The molecule has 0 aromatic heterocycles. The molecule has 1 saturated heterocycles. The van der Waals surface area contributed by atoms with Gasteiger partial charge in [-0.2, -0.15) is 0 Å². The maximum atomic E-state index is 11.3. The number of piperazine rings is 1. The van der Waals surface area contributed by atoms with Crippen molar-refractivity contribution in [2.45, 2.75) is 32.7 Å². The van der Waals surface area contributed by atoms with Gasteiger partial charge in [-0.3, -0.25) is 15.0 Å². The second kappa shape index (κ2) is 9.93. The third kappa shape index (κ3) is 4.94. The lowest BCUT2D eigenvalue weighted by atomic mass is 9.95. The number of hydrogen-bond acceptors (Lipinski definition) is 5. The van der Waals surface area contributed by atoms with Crippen molar-refractivity contribution in [3.8, 4) is 5.75 Å². The third-order valence-electron chi connectivity index (χ3n) is 4.08. The largest absolute Gasteiger partial charge is 0.507 e. The summed E-state index contributed by atoms with van der Waals surface area (Å²) in [6, 6.07) is 3.02. The fraction of sp³-hybridized carbons (Fsp3) is 0.600. The van der Waals surface area contributed by atoms with Crippen molar-refractivity contribution in [1.82, 2.24) is 10.2 Å². The number of phenols is 1. The quantitative estimate of drug-likeness (QED) is 0.618. The summed E-state index contributed by atoms with van der Waals surface area (Å²) in [5, 5.41) is 25.0. The van der Waals surface area contributed by atoms with E-state index in [1.165, 1.54) is 6.07 Å². The molecule has 132 valence electrons. The summed E-state index contributed by atoms with van der Waals surface area (Å²) in [7, 11) is 0. The SMILES string of the molecule is CCC[C@@H](c1c([N+](=O)[O-])ccc(C)c1O)N1CCNCC1.Cl.Cl. The molecule has 0 aliphatic carbocycles. The summed E-state index contributed by atoms with van der Waals surface area (Å²) in [5.41, 5.74) is 1.19. The van der Waals surface area contributed by atoms with Crippen molar-refractivity contribution in [3.63, 3.8) is 0 Å². The van der Waals surface area contributed by atoms with Crippen LogP contribution < -0.4 is 5.32 Å². The van der Waals surface area contributed by atoms with Crippen molar-refractivity contribution in [2.24, 2.45) is 0 Å². The molecular weight excluding hydrogens is 341 g/mol. The van der Waals surface area contributed by atoms with Crippen LogP contribution in [-0.2, 0) is 0 Å². The molecule has 1 heterocycles. The third-order valence-corrected chi connectivity index (χ3v) is 4.08. The first-order valence-corrected chi connectivity index (χ1v) is 7.47. The van der Waals surface area contributed by atoms with E-state index >= 15 is 0 Å². The van der Waals surface area contributed by atoms with Gasteiger partial charge in [0.25, 0.3) is 5.69 Å². The van der Waals surface area contributed by atoms with Crippen molar-refractivity contribution >= 4 is 30.5 Å². The van der Waals surface area contributed by atoms with E-state index in [1.54, 1.807) is 13.0 Å². The Bertz CT molecular complexity index is 523. The molecular formula is C15H25Cl2N3O3. The summed E-state index contributed by atoms with van der Waals surface area (Å²) >= 11 is 0. The summed E-state index contributed by atoms with van der Waals surface area (Å²) in [4.78, 5) is 13.2. The molecule has 23 heavy (non-hydrogen) atoms. The van der Waals surface area contributed by atoms with Gasteiger partial charge in [0.1, 0.15) is 5.75 Å². The minimum absolute atomic E-state index is 0. The number of halogens is 2. The Labute approximate surface area is 149 Å². The van der Waals surface area contributed by atoms with E-state index in [4.69, 9.17) is 0 Å². The number of aryl methyl sites for hydroxylation is 1. The Hall–Kier alpha value is -1.08. The van der Waals surface area contributed by atoms with Crippen LogP contribution in [0, 0.1) is 17.0 Å². The van der Waals surface area contributed by atoms with Crippen LogP contribution in [0.1, 0.15) is 36.9 Å². The minimum atomic E-state index is -0.390. The van der Waals surface area contributed by atoms with Crippen LogP contribution >= 0.6 is 24.8 Å². The lowest BCUT2D eigenvalue weighted by Crippen LogP contribution is -2.45. The molecule has 0 spiro atoms. The molecule has 0 unspecified atom stereocenters. The van der Waals surface area contributed by atoms with Gasteiger partial charge >= 0.3 is 0 Å². The lowest BCUT2D eigenvalue weighted by molar-refractivity contribution is -0.386. The smallest absolute Gasteiger partial charge is 0.277 e. The molecule has 1 aliphatic heterocycles. The second-order valence-electron chi connectivity index (χ2n) is 5.51. The van der Waals surface area contributed by atoms with Crippen LogP contribution in [0.5, 0.6) is 5.75 Å². The molecule has 2 N–H and O–H groups in total. The molecule has 0 amide bonds. The van der Waals surface area contributed by atoms with E-state index in [-0.39, 0.29) is 47.2 Å². The Morgan fingerprint density at radius 3 is 2.48 bits per heavy atom. The van der Waals surface area contributed by atoms with Crippen LogP contribution in [0.25, 0.3) is 0 Å². The number of nitrogens with one attached hydrogen (secondary N) is 1. The van der Waals surface area contributed by atoms with Gasteiger partial charge in [-0.05, 0) is 25.0 Å². The first-order valence-electron chi connectivity index (χ1n) is 7.47. The van der Waals surface area contributed by atoms with Crippen LogP contribution in [0.3, 0.4) is 0 Å². The molecule has 0 bridgehead atoms. The normalized spacial score (nSPS) is 16.1. The first-order chi connectivity index (χ1) is 10.1. The average Bonchev–Trinajstić information content (AvgIpc) is 2.48. The van der Waals surface area contributed by atoms with Crippen molar-refractivity contribution in [2.75, 3.05) is 26.2 Å². The van der Waals surface area contributed by atoms with E-state index in [9.17, 15) is 15.2 Å². The standard InChI is InChI=1S/C15H23N3O3.2ClH/c1-3-4-12(17-9-7-16-8-10-17)14-13(18(20)21)6-5-11(2)15(14)19;;/h5-6,12,16,19H,3-4,7-10H2,1-2H3;2*1H/t12-;;/m0../s1. The van der Waals surface area contributed by atoms with Crippen molar-refractivity contribution in [1.29, 1.82) is 0 Å². The average molecular weight is 366 g/mol. The highest BCUT2D eigenvalue weighted by Crippen LogP contribution is 2.40. The van der Waals surface area contributed by atoms with Gasteiger partial charge in [-0.25, -0.2) is 0 Å². The van der Waals surface area contributed by atoms with Gasteiger partial charge in [0.15, 0.2) is 0 Å². The fourth-order valence-corrected chi connectivity index (χ4v) is 2.97. The molecule has 1 aliphatic rings. The Kier molecular flexibility index (Phi) is 9.46. The maximum absolute atomic E-state index is 11.3. The summed E-state index contributed by atoms with van der Waals surface area (Å²) in [6.07, 6.45) is 1.72. The zero-order chi connectivity index (χ0) is 15.4. The monoisotopic (exact) mass is 365 g/mol. The zero-order valence-electron chi connectivity index (χ0n) is 13.4. The maximum Gasteiger partial charge on any atom is 0.277 e. The minimum Gasteiger partial charge on any atom is -0.507 e. The van der Waals surface area contributed by atoms with Gasteiger partial charge in [-0.15, -0.1) is 24.8 Å². The van der Waals surface area contributed by atoms with Gasteiger partial charge in [0.05, 0.1) is 10.5 Å². The molecule has 1 fully saturated rings. The van der Waals surface area contributed by atoms with Crippen molar-refractivity contribution in [3.05, 3.63) is 33.4 Å². The lowest BCUT2D eigenvalue weighted by Gasteiger charge is -2.35. The number of nitrogens with zero attached hydrogens (tertiary/aromatic N) is 2. The summed E-state index contributed by atoms with van der Waals surface area (Å²) in [6.45, 7) is 7.28. The van der Waals surface area contributed by atoms with E-state index in [0.29, 0.717) is 11.1 Å². The molecule has 2 rings (SSSR count). The number of aromatic hydroxyl groups is 1. The summed E-state index contributed by atoms with van der Waals surface area (Å²) < 4.78 is 0. The van der Waals surface area contributed by atoms with E-state index in [1.807, 2.05) is 0 Å². The van der Waals surface area contributed by atoms with Gasteiger partial charge in [0.2, 0.25) is 0 Å². The molecule has 0 radical (unpaired) electrons. The topological polar surface area (TPSA) is 78.6 Å². The molecule has 1 aromatic rings. The van der Waals surface area contributed by atoms with Crippen LogP contribution in [0.4, 0.5) is 5.69 Å². The molecule has 0 saturated carbocycles. The van der Waals surface area contributed by atoms with E-state index in [0.717, 1.165) is 39.0 Å². The van der Waals surface area contributed by atoms with Crippen LogP contribution in [0.2, 0.25) is 0 Å². The van der Waals surface area contributed by atoms with E-state index in [2.05, 4.69) is 17.1 Å². The number of benzene rings is 1. The fourth-order valence-electron chi connectivity index (χ4n) is 2.97. The highest BCUT2D eigenvalue weighted by atomic mass is 35.5. The highest BCUT2D eigenvalue weighted by molar-refractivity contribution is 5.85. The van der Waals surface area contributed by atoms with Crippen LogP contribution in [-0.4, -0.2) is 41.1 Å². The number of phenolic OH excluding ortho intramolecular Hbond substituents is 1. The van der Waals surface area contributed by atoms with Crippen molar-refractivity contribution < 1.29 is 10.0 Å². The highest BCUT2D eigenvalue weighted by Gasteiger charge is 2.31.